The Morgan fingerprint density at radius 1 is 1.28 bits per heavy atom. The Balaban J connectivity index is 1.37. The fourth-order valence-electron chi connectivity index (χ4n) is 2.43. The third-order valence-corrected chi connectivity index (χ3v) is 4.42. The predicted molar refractivity (Wildman–Crippen MR) is 93.3 cm³/mol. The van der Waals surface area contributed by atoms with Crippen molar-refractivity contribution >= 4 is 34.0 Å². The number of aromatic nitrogens is 3. The first-order chi connectivity index (χ1) is 12.2. The van der Waals surface area contributed by atoms with Crippen LogP contribution in [0.5, 0.6) is 0 Å². The van der Waals surface area contributed by atoms with Crippen LogP contribution in [0.3, 0.4) is 0 Å². The molecule has 0 aliphatic heterocycles. The molecule has 0 radical (unpaired) electrons. The summed E-state index contributed by atoms with van der Waals surface area (Å²) in [4.78, 5) is 21.6. The number of oxazole rings is 1. The average molecular weight is 354 g/mol. The van der Waals surface area contributed by atoms with Crippen molar-refractivity contribution in [2.45, 2.75) is 19.8 Å². The largest absolute Gasteiger partial charge is 0.441 e. The summed E-state index contributed by atoms with van der Waals surface area (Å²) >= 11 is 1.54. The number of rotatable bonds is 5. The fraction of sp³-hybridized carbons (Fsp3) is 0.176. The summed E-state index contributed by atoms with van der Waals surface area (Å²) in [6.07, 6.45) is 0.636. The Morgan fingerprint density at radius 3 is 3.04 bits per heavy atom. The van der Waals surface area contributed by atoms with Gasteiger partial charge in [0.15, 0.2) is 11.5 Å². The molecule has 3 aromatic heterocycles. The fourth-order valence-corrected chi connectivity index (χ4v) is 3.08. The van der Waals surface area contributed by atoms with Crippen molar-refractivity contribution in [1.82, 2.24) is 15.1 Å². The lowest BCUT2D eigenvalue weighted by Gasteiger charge is -2.03. The molecule has 4 aromatic rings. The van der Waals surface area contributed by atoms with E-state index in [1.54, 1.807) is 36.5 Å². The first-order valence-corrected chi connectivity index (χ1v) is 8.59. The van der Waals surface area contributed by atoms with E-state index in [-0.39, 0.29) is 12.3 Å². The summed E-state index contributed by atoms with van der Waals surface area (Å²) in [6, 6.07) is 9.21. The molecule has 4 rings (SSSR count). The van der Waals surface area contributed by atoms with Gasteiger partial charge in [0.2, 0.25) is 17.6 Å². The van der Waals surface area contributed by atoms with Crippen molar-refractivity contribution in [3.05, 3.63) is 47.5 Å². The molecule has 7 nitrogen and oxygen atoms in total. The predicted octanol–water partition coefficient (Wildman–Crippen LogP) is 3.82. The Labute approximate surface area is 146 Å². The van der Waals surface area contributed by atoms with E-state index in [0.717, 1.165) is 4.88 Å². The Morgan fingerprint density at radius 2 is 2.20 bits per heavy atom. The SMILES string of the molecule is Cc1nc2cc(NC(=O)CCc3nc(-c4cccs4)no3)ccc2o1. The molecule has 8 heteroatoms. The van der Waals surface area contributed by atoms with E-state index in [0.29, 0.717) is 40.8 Å². The molecule has 0 atom stereocenters. The summed E-state index contributed by atoms with van der Waals surface area (Å²) in [7, 11) is 0. The highest BCUT2D eigenvalue weighted by Gasteiger charge is 2.12. The van der Waals surface area contributed by atoms with Crippen molar-refractivity contribution in [3.63, 3.8) is 0 Å². The molecular formula is C17H14N4O3S. The van der Waals surface area contributed by atoms with E-state index in [2.05, 4.69) is 20.4 Å². The molecule has 25 heavy (non-hydrogen) atoms. The van der Waals surface area contributed by atoms with Crippen molar-refractivity contribution in [2.75, 3.05) is 5.32 Å². The smallest absolute Gasteiger partial charge is 0.227 e. The second-order valence-electron chi connectivity index (χ2n) is 5.45. The van der Waals surface area contributed by atoms with E-state index in [9.17, 15) is 4.79 Å². The maximum Gasteiger partial charge on any atom is 0.227 e. The molecule has 126 valence electrons. The molecule has 0 aliphatic rings. The van der Waals surface area contributed by atoms with Gasteiger partial charge in [0.25, 0.3) is 0 Å². The summed E-state index contributed by atoms with van der Waals surface area (Å²) in [6.45, 7) is 1.78. The van der Waals surface area contributed by atoms with Crippen LogP contribution in [0, 0.1) is 6.92 Å². The maximum absolute atomic E-state index is 12.1. The van der Waals surface area contributed by atoms with Gasteiger partial charge in [-0.1, -0.05) is 11.2 Å². The van der Waals surface area contributed by atoms with Crippen LogP contribution in [0.15, 0.2) is 44.7 Å². The Bertz CT molecular complexity index is 1020. The summed E-state index contributed by atoms with van der Waals surface area (Å²) in [5, 5.41) is 8.72. The third-order valence-electron chi connectivity index (χ3n) is 3.55. The van der Waals surface area contributed by atoms with Gasteiger partial charge in [-0.05, 0) is 29.6 Å². The number of nitrogens with zero attached hydrogens (tertiary/aromatic N) is 3. The van der Waals surface area contributed by atoms with Gasteiger partial charge < -0.3 is 14.3 Å². The number of carbonyl (C=O) groups is 1. The number of hydrogen-bond acceptors (Lipinski definition) is 7. The zero-order chi connectivity index (χ0) is 17.2. The van der Waals surface area contributed by atoms with Crippen LogP contribution in [-0.4, -0.2) is 21.0 Å². The van der Waals surface area contributed by atoms with Crippen LogP contribution in [0.25, 0.3) is 21.8 Å². The number of carbonyl (C=O) groups excluding carboxylic acids is 1. The number of hydrogen-bond donors (Lipinski definition) is 1. The normalized spacial score (nSPS) is 11.1. The summed E-state index contributed by atoms with van der Waals surface area (Å²) < 4.78 is 10.6. The highest BCUT2D eigenvalue weighted by Crippen LogP contribution is 2.22. The number of anilines is 1. The minimum Gasteiger partial charge on any atom is -0.441 e. The molecule has 1 N–H and O–H groups in total. The molecule has 0 unspecified atom stereocenters. The van der Waals surface area contributed by atoms with E-state index in [1.165, 1.54) is 0 Å². The lowest BCUT2D eigenvalue weighted by Crippen LogP contribution is -2.12. The Hall–Kier alpha value is -3.00. The first kappa shape index (κ1) is 15.5. The van der Waals surface area contributed by atoms with E-state index < -0.39 is 0 Å². The van der Waals surface area contributed by atoms with Crippen molar-refractivity contribution in [3.8, 4) is 10.7 Å². The van der Waals surface area contributed by atoms with Crippen LogP contribution in [-0.2, 0) is 11.2 Å². The van der Waals surface area contributed by atoms with Crippen molar-refractivity contribution in [1.29, 1.82) is 0 Å². The number of benzene rings is 1. The van der Waals surface area contributed by atoms with Gasteiger partial charge in [0.1, 0.15) is 5.52 Å². The zero-order valence-electron chi connectivity index (χ0n) is 13.4. The number of nitrogens with one attached hydrogen (secondary N) is 1. The molecule has 1 aromatic carbocycles. The zero-order valence-corrected chi connectivity index (χ0v) is 14.2. The first-order valence-electron chi connectivity index (χ1n) is 7.71. The highest BCUT2D eigenvalue weighted by molar-refractivity contribution is 7.13. The number of aryl methyl sites for hydroxylation is 2. The standard InChI is InChI=1S/C17H14N4O3S/c1-10-18-12-9-11(4-5-13(12)23-10)19-15(22)6-7-16-20-17(21-24-16)14-3-2-8-25-14/h2-5,8-9H,6-7H2,1H3,(H,19,22). The van der Waals surface area contributed by atoms with Crippen LogP contribution < -0.4 is 5.32 Å². The van der Waals surface area contributed by atoms with Crippen LogP contribution in [0.2, 0.25) is 0 Å². The van der Waals surface area contributed by atoms with Crippen molar-refractivity contribution in [2.24, 2.45) is 0 Å². The minimum absolute atomic E-state index is 0.129. The van der Waals surface area contributed by atoms with Crippen LogP contribution in [0.4, 0.5) is 5.69 Å². The average Bonchev–Trinajstić information content (AvgIpc) is 3.32. The van der Waals surface area contributed by atoms with E-state index in [4.69, 9.17) is 8.94 Å². The van der Waals surface area contributed by atoms with Gasteiger partial charge in [-0.15, -0.1) is 11.3 Å². The van der Waals surface area contributed by atoms with Gasteiger partial charge in [-0.2, -0.15) is 4.98 Å². The van der Waals surface area contributed by atoms with Gasteiger partial charge in [-0.3, -0.25) is 4.79 Å². The van der Waals surface area contributed by atoms with E-state index >= 15 is 0 Å². The lowest BCUT2D eigenvalue weighted by molar-refractivity contribution is -0.116. The molecular weight excluding hydrogens is 340 g/mol. The molecule has 3 heterocycles. The topological polar surface area (TPSA) is 94.1 Å². The highest BCUT2D eigenvalue weighted by atomic mass is 32.1. The summed E-state index contributed by atoms with van der Waals surface area (Å²) in [5.74, 6) is 1.46. The molecule has 0 spiro atoms. The molecule has 0 fully saturated rings. The lowest BCUT2D eigenvalue weighted by atomic mass is 10.2. The van der Waals surface area contributed by atoms with Crippen LogP contribution >= 0.6 is 11.3 Å². The van der Waals surface area contributed by atoms with Gasteiger partial charge in [0, 0.05) is 25.5 Å². The number of fused-ring (bicyclic) bond motifs is 1. The second kappa shape index (κ2) is 6.48. The van der Waals surface area contributed by atoms with Gasteiger partial charge in [-0.25, -0.2) is 4.98 Å². The molecule has 0 aliphatic carbocycles. The molecule has 1 amide bonds. The van der Waals surface area contributed by atoms with Gasteiger partial charge >= 0.3 is 0 Å². The van der Waals surface area contributed by atoms with E-state index in [1.807, 2.05) is 17.5 Å². The minimum atomic E-state index is -0.129. The molecule has 0 saturated carbocycles. The molecule has 0 bridgehead atoms. The number of thiophene rings is 1. The van der Waals surface area contributed by atoms with Gasteiger partial charge in [0.05, 0.1) is 4.88 Å². The monoisotopic (exact) mass is 354 g/mol. The Kier molecular flexibility index (Phi) is 4.02. The van der Waals surface area contributed by atoms with Crippen LogP contribution in [0.1, 0.15) is 18.2 Å². The summed E-state index contributed by atoms with van der Waals surface area (Å²) in [5.41, 5.74) is 2.09. The quantitative estimate of drug-likeness (QED) is 0.585. The molecule has 0 saturated heterocycles. The maximum atomic E-state index is 12.1. The third kappa shape index (κ3) is 3.43. The number of amides is 1. The van der Waals surface area contributed by atoms with Crippen molar-refractivity contribution < 1.29 is 13.7 Å². The second-order valence-corrected chi connectivity index (χ2v) is 6.40.